The number of rotatable bonds is 3. The van der Waals surface area contributed by atoms with Crippen molar-refractivity contribution >= 4 is 28.5 Å². The van der Waals surface area contributed by atoms with Crippen molar-refractivity contribution in [2.75, 3.05) is 18.1 Å². The Bertz CT molecular complexity index is 844. The molecule has 0 saturated carbocycles. The second-order valence-electron chi connectivity index (χ2n) is 7.80. The molecule has 2 saturated heterocycles. The highest BCUT2D eigenvalue weighted by Crippen LogP contribution is 2.30. The quantitative estimate of drug-likeness (QED) is 0.880. The molecule has 2 aliphatic heterocycles. The summed E-state index contributed by atoms with van der Waals surface area (Å²) in [5, 5.41) is 11.2. The van der Waals surface area contributed by atoms with Crippen LogP contribution in [-0.4, -0.2) is 46.8 Å². The van der Waals surface area contributed by atoms with E-state index < -0.39 is 0 Å². The van der Waals surface area contributed by atoms with Crippen molar-refractivity contribution in [3.63, 3.8) is 0 Å². The van der Waals surface area contributed by atoms with Crippen LogP contribution in [0.25, 0.3) is 10.9 Å². The van der Waals surface area contributed by atoms with Crippen LogP contribution in [0.1, 0.15) is 33.1 Å². The third kappa shape index (κ3) is 3.19. The highest BCUT2D eigenvalue weighted by molar-refractivity contribution is 6.05. The first-order valence-electron chi connectivity index (χ1n) is 9.11. The van der Waals surface area contributed by atoms with Crippen molar-refractivity contribution in [2.45, 2.75) is 44.8 Å². The smallest absolute Gasteiger partial charge is 0.229 e. The second-order valence-corrected chi connectivity index (χ2v) is 7.80. The minimum Gasteiger partial charge on any atom is -0.375 e. The summed E-state index contributed by atoms with van der Waals surface area (Å²) in [6, 6.07) is 7.78. The Morgan fingerprint density at radius 3 is 3.00 bits per heavy atom. The fourth-order valence-electron chi connectivity index (χ4n) is 3.92. The zero-order chi connectivity index (χ0) is 18.3. The molecule has 2 aliphatic rings. The van der Waals surface area contributed by atoms with Gasteiger partial charge in [-0.25, -0.2) is 0 Å². The van der Waals surface area contributed by atoms with Crippen molar-refractivity contribution in [1.82, 2.24) is 15.5 Å². The van der Waals surface area contributed by atoms with Crippen LogP contribution < -0.4 is 10.2 Å². The van der Waals surface area contributed by atoms with Gasteiger partial charge in [-0.1, -0.05) is 12.1 Å². The summed E-state index contributed by atoms with van der Waals surface area (Å²) in [4.78, 5) is 26.8. The molecule has 7 nitrogen and oxygen atoms in total. The molecule has 2 N–H and O–H groups in total. The number of aromatic amines is 1. The molecule has 0 aliphatic carbocycles. The average Bonchev–Trinajstić information content (AvgIpc) is 3.17. The molecule has 0 unspecified atom stereocenters. The van der Waals surface area contributed by atoms with Crippen LogP contribution in [0.2, 0.25) is 0 Å². The lowest BCUT2D eigenvalue weighted by Gasteiger charge is -2.36. The molecule has 4 rings (SSSR count). The number of benzene rings is 1. The predicted octanol–water partition coefficient (Wildman–Crippen LogP) is 1.99. The number of ether oxygens (including phenoxy) is 1. The molecule has 0 radical (unpaired) electrons. The highest BCUT2D eigenvalue weighted by Gasteiger charge is 2.38. The van der Waals surface area contributed by atoms with E-state index in [1.54, 1.807) is 4.90 Å². The average molecular weight is 356 g/mol. The van der Waals surface area contributed by atoms with Gasteiger partial charge in [-0.15, -0.1) is 0 Å². The highest BCUT2D eigenvalue weighted by atomic mass is 16.5. The Balaban J connectivity index is 1.45. The first-order chi connectivity index (χ1) is 12.4. The normalized spacial score (nSPS) is 25.6. The SMILES string of the molecule is CC1(C)C[C@@H](NC(=O)[C@H]2CC(=O)N(c3n[nH]c4ccccc34)C2)CCO1. The van der Waals surface area contributed by atoms with E-state index in [1.165, 1.54) is 0 Å². The number of anilines is 1. The Morgan fingerprint density at radius 1 is 1.38 bits per heavy atom. The van der Waals surface area contributed by atoms with Crippen LogP contribution in [0, 0.1) is 5.92 Å². The number of amides is 2. The summed E-state index contributed by atoms with van der Waals surface area (Å²) in [5.74, 6) is 0.148. The van der Waals surface area contributed by atoms with Crippen LogP contribution in [0.3, 0.4) is 0 Å². The van der Waals surface area contributed by atoms with E-state index in [0.717, 1.165) is 23.7 Å². The Labute approximate surface area is 152 Å². The maximum absolute atomic E-state index is 12.7. The van der Waals surface area contributed by atoms with Crippen molar-refractivity contribution < 1.29 is 14.3 Å². The number of carbonyl (C=O) groups is 2. The Morgan fingerprint density at radius 2 is 2.19 bits per heavy atom. The van der Waals surface area contributed by atoms with Gasteiger partial charge in [0.1, 0.15) is 0 Å². The van der Waals surface area contributed by atoms with Crippen molar-refractivity contribution in [1.29, 1.82) is 0 Å². The molecule has 2 atom stereocenters. The molecule has 138 valence electrons. The van der Waals surface area contributed by atoms with Gasteiger partial charge in [0.25, 0.3) is 0 Å². The molecule has 0 spiro atoms. The number of carbonyl (C=O) groups excluding carboxylic acids is 2. The van der Waals surface area contributed by atoms with Crippen LogP contribution in [-0.2, 0) is 14.3 Å². The molecular formula is C19H24N4O3. The molecule has 2 amide bonds. The summed E-state index contributed by atoms with van der Waals surface area (Å²) >= 11 is 0. The van der Waals surface area contributed by atoms with E-state index >= 15 is 0 Å². The zero-order valence-electron chi connectivity index (χ0n) is 15.1. The number of para-hydroxylation sites is 1. The van der Waals surface area contributed by atoms with E-state index in [9.17, 15) is 9.59 Å². The Hall–Kier alpha value is -2.41. The number of hydrogen-bond acceptors (Lipinski definition) is 4. The van der Waals surface area contributed by atoms with Crippen molar-refractivity contribution in [2.24, 2.45) is 5.92 Å². The molecule has 26 heavy (non-hydrogen) atoms. The second kappa shape index (κ2) is 6.39. The minimum atomic E-state index is -0.344. The fourth-order valence-corrected chi connectivity index (χ4v) is 3.92. The van der Waals surface area contributed by atoms with Gasteiger partial charge >= 0.3 is 0 Å². The molecule has 1 aromatic heterocycles. The summed E-state index contributed by atoms with van der Waals surface area (Å²) in [6.07, 6.45) is 1.82. The third-order valence-corrected chi connectivity index (χ3v) is 5.25. The van der Waals surface area contributed by atoms with Gasteiger partial charge in [-0.2, -0.15) is 5.10 Å². The van der Waals surface area contributed by atoms with Crippen molar-refractivity contribution in [3.05, 3.63) is 24.3 Å². The van der Waals surface area contributed by atoms with E-state index in [-0.39, 0.29) is 35.8 Å². The molecule has 0 bridgehead atoms. The van der Waals surface area contributed by atoms with E-state index in [4.69, 9.17) is 4.74 Å². The monoisotopic (exact) mass is 356 g/mol. The maximum Gasteiger partial charge on any atom is 0.229 e. The summed E-state index contributed by atoms with van der Waals surface area (Å²) in [5.41, 5.74) is 0.662. The summed E-state index contributed by atoms with van der Waals surface area (Å²) in [6.45, 7) is 5.09. The summed E-state index contributed by atoms with van der Waals surface area (Å²) < 4.78 is 5.70. The van der Waals surface area contributed by atoms with Gasteiger partial charge in [0, 0.05) is 31.0 Å². The molecule has 2 fully saturated rings. The number of nitrogens with one attached hydrogen (secondary N) is 2. The molecule has 3 heterocycles. The summed E-state index contributed by atoms with van der Waals surface area (Å²) in [7, 11) is 0. The van der Waals surface area contributed by atoms with E-state index in [2.05, 4.69) is 15.5 Å². The van der Waals surface area contributed by atoms with Gasteiger partial charge < -0.3 is 10.1 Å². The topological polar surface area (TPSA) is 87.3 Å². The largest absolute Gasteiger partial charge is 0.375 e. The lowest BCUT2D eigenvalue weighted by Crippen LogP contribution is -2.47. The van der Waals surface area contributed by atoms with E-state index in [0.29, 0.717) is 19.0 Å². The predicted molar refractivity (Wildman–Crippen MR) is 97.7 cm³/mol. The van der Waals surface area contributed by atoms with Crippen LogP contribution in [0.15, 0.2) is 24.3 Å². The van der Waals surface area contributed by atoms with Crippen LogP contribution in [0.5, 0.6) is 0 Å². The van der Waals surface area contributed by atoms with E-state index in [1.807, 2.05) is 38.1 Å². The lowest BCUT2D eigenvalue weighted by atomic mass is 9.93. The van der Waals surface area contributed by atoms with Gasteiger partial charge in [-0.3, -0.25) is 19.6 Å². The zero-order valence-corrected chi connectivity index (χ0v) is 15.1. The number of nitrogens with zero attached hydrogens (tertiary/aromatic N) is 2. The number of H-pyrrole nitrogens is 1. The first-order valence-corrected chi connectivity index (χ1v) is 9.11. The molecule has 1 aromatic carbocycles. The molecule has 2 aromatic rings. The van der Waals surface area contributed by atoms with Crippen molar-refractivity contribution in [3.8, 4) is 0 Å². The number of hydrogen-bond donors (Lipinski definition) is 2. The number of fused-ring (bicyclic) bond motifs is 1. The standard InChI is InChI=1S/C19H24N4O3/c1-19(2)10-13(7-8-26-19)20-18(25)12-9-16(24)23(11-12)17-14-5-3-4-6-15(14)21-22-17/h3-6,12-13H,7-11H2,1-2H3,(H,20,25)(H,21,22)/t12-,13-/m0/s1. The van der Waals surface area contributed by atoms with Gasteiger partial charge in [0.05, 0.1) is 17.0 Å². The maximum atomic E-state index is 12.7. The molecule has 7 heteroatoms. The molecular weight excluding hydrogens is 332 g/mol. The number of aromatic nitrogens is 2. The Kier molecular flexibility index (Phi) is 4.19. The van der Waals surface area contributed by atoms with Crippen LogP contribution in [0.4, 0.5) is 5.82 Å². The van der Waals surface area contributed by atoms with Gasteiger partial charge in [0.15, 0.2) is 5.82 Å². The van der Waals surface area contributed by atoms with Gasteiger partial charge in [0.2, 0.25) is 11.8 Å². The third-order valence-electron chi connectivity index (χ3n) is 5.25. The first kappa shape index (κ1) is 17.0. The minimum absolute atomic E-state index is 0.0524. The fraction of sp³-hybridized carbons (Fsp3) is 0.526. The lowest BCUT2D eigenvalue weighted by molar-refractivity contribution is -0.128. The van der Waals surface area contributed by atoms with Crippen LogP contribution >= 0.6 is 0 Å². The van der Waals surface area contributed by atoms with Gasteiger partial charge in [-0.05, 0) is 38.8 Å².